The molecule has 4 nitrogen and oxygen atoms in total. The number of carbonyl (C=O) groups is 2. The van der Waals surface area contributed by atoms with Gasteiger partial charge in [-0.15, -0.1) is 0 Å². The topological polar surface area (TPSA) is 46.6 Å². The molecule has 4 heteroatoms. The first kappa shape index (κ1) is 15.7. The van der Waals surface area contributed by atoms with Gasteiger partial charge in [-0.2, -0.15) is 0 Å². The summed E-state index contributed by atoms with van der Waals surface area (Å²) < 4.78 is 4.78. The minimum absolute atomic E-state index is 0.0191. The Labute approximate surface area is 104 Å². The molecule has 0 spiro atoms. The third-order valence-electron chi connectivity index (χ3n) is 2.43. The van der Waals surface area contributed by atoms with E-state index in [4.69, 9.17) is 4.74 Å². The smallest absolute Gasteiger partial charge is 0.325 e. The van der Waals surface area contributed by atoms with Crippen LogP contribution in [0.1, 0.15) is 33.6 Å². The van der Waals surface area contributed by atoms with Crippen molar-refractivity contribution in [1.82, 2.24) is 4.90 Å². The second-order valence-electron chi connectivity index (χ2n) is 4.10. The molecule has 0 aliphatic rings. The van der Waals surface area contributed by atoms with Gasteiger partial charge in [0.2, 0.25) is 5.91 Å². The molecular weight excluding hydrogens is 218 g/mol. The van der Waals surface area contributed by atoms with Crippen LogP contribution in [0.5, 0.6) is 0 Å². The van der Waals surface area contributed by atoms with Gasteiger partial charge in [0.15, 0.2) is 0 Å². The van der Waals surface area contributed by atoms with E-state index in [1.807, 2.05) is 13.0 Å². The van der Waals surface area contributed by atoms with E-state index in [2.05, 4.69) is 13.0 Å². The average Bonchev–Trinajstić information content (AvgIpc) is 2.26. The summed E-state index contributed by atoms with van der Waals surface area (Å²) in [5, 5.41) is 0. The summed E-state index contributed by atoms with van der Waals surface area (Å²) in [6, 6.07) is 0. The van der Waals surface area contributed by atoms with Crippen LogP contribution < -0.4 is 0 Å². The van der Waals surface area contributed by atoms with Crippen LogP contribution in [0, 0.1) is 5.92 Å². The lowest BCUT2D eigenvalue weighted by Crippen LogP contribution is -2.33. The summed E-state index contributed by atoms with van der Waals surface area (Å²) in [5.74, 6) is 0.0131. The number of allylic oxidation sites excluding steroid dienone is 2. The van der Waals surface area contributed by atoms with Crippen molar-refractivity contribution in [2.24, 2.45) is 5.92 Å². The zero-order chi connectivity index (χ0) is 13.3. The Morgan fingerprint density at radius 1 is 1.41 bits per heavy atom. The van der Waals surface area contributed by atoms with Gasteiger partial charge in [0.1, 0.15) is 6.54 Å². The van der Waals surface area contributed by atoms with Crippen molar-refractivity contribution in [2.45, 2.75) is 33.6 Å². The van der Waals surface area contributed by atoms with Crippen molar-refractivity contribution in [3.05, 3.63) is 12.2 Å². The van der Waals surface area contributed by atoms with Crippen LogP contribution in [0.3, 0.4) is 0 Å². The lowest BCUT2D eigenvalue weighted by Gasteiger charge is -2.16. The molecule has 0 aliphatic carbocycles. The first-order chi connectivity index (χ1) is 8.01. The van der Waals surface area contributed by atoms with Crippen LogP contribution in [0.15, 0.2) is 12.2 Å². The summed E-state index contributed by atoms with van der Waals surface area (Å²) in [4.78, 5) is 24.3. The molecule has 0 rings (SSSR count). The number of esters is 1. The number of ether oxygens (including phenoxy) is 1. The molecule has 0 fully saturated rings. The molecule has 1 amide bonds. The highest BCUT2D eigenvalue weighted by molar-refractivity contribution is 5.81. The van der Waals surface area contributed by atoms with Crippen LogP contribution in [0.25, 0.3) is 0 Å². The molecule has 17 heavy (non-hydrogen) atoms. The van der Waals surface area contributed by atoms with Crippen LogP contribution in [-0.2, 0) is 14.3 Å². The minimum atomic E-state index is -0.357. The molecule has 0 saturated carbocycles. The third kappa shape index (κ3) is 7.55. The van der Waals surface area contributed by atoms with Crippen molar-refractivity contribution in [2.75, 3.05) is 20.2 Å². The molecule has 0 bridgehead atoms. The van der Waals surface area contributed by atoms with Crippen molar-refractivity contribution in [1.29, 1.82) is 0 Å². The predicted molar refractivity (Wildman–Crippen MR) is 67.5 cm³/mol. The van der Waals surface area contributed by atoms with Gasteiger partial charge < -0.3 is 9.64 Å². The highest BCUT2D eigenvalue weighted by Crippen LogP contribution is 2.08. The first-order valence-corrected chi connectivity index (χ1v) is 6.03. The van der Waals surface area contributed by atoms with Gasteiger partial charge in [0.05, 0.1) is 6.61 Å². The van der Waals surface area contributed by atoms with E-state index in [0.717, 1.165) is 6.42 Å². The van der Waals surface area contributed by atoms with Gasteiger partial charge >= 0.3 is 5.97 Å². The highest BCUT2D eigenvalue weighted by atomic mass is 16.5. The van der Waals surface area contributed by atoms with Gasteiger partial charge in [-0.25, -0.2) is 0 Å². The normalized spacial score (nSPS) is 12.5. The third-order valence-corrected chi connectivity index (χ3v) is 2.43. The Kier molecular flexibility index (Phi) is 8.11. The highest BCUT2D eigenvalue weighted by Gasteiger charge is 2.13. The van der Waals surface area contributed by atoms with E-state index in [1.165, 1.54) is 4.90 Å². The van der Waals surface area contributed by atoms with Gasteiger partial charge in [-0.1, -0.05) is 19.1 Å². The fraction of sp³-hybridized carbons (Fsp3) is 0.692. The Bertz CT molecular complexity index is 274. The zero-order valence-corrected chi connectivity index (χ0v) is 11.2. The number of likely N-dealkylation sites (N-methyl/N-ethyl adjacent to an activating group) is 1. The van der Waals surface area contributed by atoms with Crippen LogP contribution >= 0.6 is 0 Å². The monoisotopic (exact) mass is 241 g/mol. The lowest BCUT2D eigenvalue weighted by molar-refractivity contribution is -0.148. The van der Waals surface area contributed by atoms with Gasteiger partial charge in [-0.05, 0) is 26.2 Å². The quantitative estimate of drug-likeness (QED) is 0.506. The average molecular weight is 241 g/mol. The summed E-state index contributed by atoms with van der Waals surface area (Å²) in [7, 11) is 1.62. The SMILES string of the molecule is C/C=C/C(C)CCC(=O)N(C)CC(=O)OCC. The van der Waals surface area contributed by atoms with Crippen LogP contribution in [0.2, 0.25) is 0 Å². The molecule has 0 saturated heterocycles. The van der Waals surface area contributed by atoms with Gasteiger partial charge in [-0.3, -0.25) is 9.59 Å². The van der Waals surface area contributed by atoms with Gasteiger partial charge in [0.25, 0.3) is 0 Å². The number of hydrogen-bond acceptors (Lipinski definition) is 3. The van der Waals surface area contributed by atoms with E-state index < -0.39 is 0 Å². The second kappa shape index (κ2) is 8.79. The van der Waals surface area contributed by atoms with E-state index >= 15 is 0 Å². The minimum Gasteiger partial charge on any atom is -0.465 e. The van der Waals surface area contributed by atoms with E-state index in [0.29, 0.717) is 18.9 Å². The molecule has 1 atom stereocenters. The molecule has 0 N–H and O–H groups in total. The molecule has 0 aromatic rings. The number of hydrogen-bond donors (Lipinski definition) is 0. The van der Waals surface area contributed by atoms with Crippen molar-refractivity contribution in [3.8, 4) is 0 Å². The molecular formula is C13H23NO3. The zero-order valence-electron chi connectivity index (χ0n) is 11.2. The fourth-order valence-electron chi connectivity index (χ4n) is 1.46. The summed E-state index contributed by atoms with van der Waals surface area (Å²) in [6.07, 6.45) is 5.31. The van der Waals surface area contributed by atoms with E-state index in [-0.39, 0.29) is 18.4 Å². The Morgan fingerprint density at radius 3 is 2.59 bits per heavy atom. The number of rotatable bonds is 7. The molecule has 1 unspecified atom stereocenters. The fourth-order valence-corrected chi connectivity index (χ4v) is 1.46. The molecule has 0 radical (unpaired) electrons. The number of carbonyl (C=O) groups excluding carboxylic acids is 2. The maximum atomic E-state index is 11.7. The Hall–Kier alpha value is -1.32. The van der Waals surface area contributed by atoms with Crippen molar-refractivity contribution >= 4 is 11.9 Å². The molecule has 0 aromatic carbocycles. The first-order valence-electron chi connectivity index (χ1n) is 6.03. The second-order valence-corrected chi connectivity index (χ2v) is 4.10. The van der Waals surface area contributed by atoms with E-state index in [9.17, 15) is 9.59 Å². The number of amides is 1. The lowest BCUT2D eigenvalue weighted by atomic mass is 10.0. The number of nitrogens with zero attached hydrogens (tertiary/aromatic N) is 1. The Balaban J connectivity index is 3.93. The predicted octanol–water partition coefficient (Wildman–Crippen LogP) is 2.00. The standard InChI is InChI=1S/C13H23NO3/c1-5-7-11(3)8-9-12(15)14(4)10-13(16)17-6-2/h5,7,11H,6,8-10H2,1-4H3/b7-5+. The molecule has 0 heterocycles. The van der Waals surface area contributed by atoms with Crippen LogP contribution in [0.4, 0.5) is 0 Å². The van der Waals surface area contributed by atoms with Crippen molar-refractivity contribution < 1.29 is 14.3 Å². The van der Waals surface area contributed by atoms with Crippen LogP contribution in [-0.4, -0.2) is 37.0 Å². The Morgan fingerprint density at radius 2 is 2.06 bits per heavy atom. The van der Waals surface area contributed by atoms with E-state index in [1.54, 1.807) is 14.0 Å². The maximum Gasteiger partial charge on any atom is 0.325 e. The molecule has 0 aromatic heterocycles. The molecule has 98 valence electrons. The summed E-state index contributed by atoms with van der Waals surface area (Å²) in [6.45, 7) is 6.16. The maximum absolute atomic E-state index is 11.7. The summed E-state index contributed by atoms with van der Waals surface area (Å²) >= 11 is 0. The largest absolute Gasteiger partial charge is 0.465 e. The molecule has 0 aliphatic heterocycles. The summed E-state index contributed by atoms with van der Waals surface area (Å²) in [5.41, 5.74) is 0. The van der Waals surface area contributed by atoms with Crippen molar-refractivity contribution in [3.63, 3.8) is 0 Å². The van der Waals surface area contributed by atoms with Gasteiger partial charge in [0, 0.05) is 13.5 Å².